The molecule has 2 amide bonds. The van der Waals surface area contributed by atoms with Crippen LogP contribution < -0.4 is 10.2 Å². The first kappa shape index (κ1) is 21.9. The van der Waals surface area contributed by atoms with E-state index < -0.39 is 0 Å². The first-order chi connectivity index (χ1) is 16.0. The average molecular weight is 480 g/mol. The van der Waals surface area contributed by atoms with Crippen molar-refractivity contribution < 1.29 is 9.59 Å². The molecule has 0 unspecified atom stereocenters. The van der Waals surface area contributed by atoms with E-state index in [-0.39, 0.29) is 11.1 Å². The third-order valence-electron chi connectivity index (χ3n) is 6.02. The van der Waals surface area contributed by atoms with Gasteiger partial charge in [-0.2, -0.15) is 10.2 Å². The summed E-state index contributed by atoms with van der Waals surface area (Å²) < 4.78 is 0. The van der Waals surface area contributed by atoms with Crippen molar-refractivity contribution in [3.05, 3.63) is 58.1 Å². The van der Waals surface area contributed by atoms with Gasteiger partial charge in [-0.1, -0.05) is 30.7 Å². The minimum atomic E-state index is -0.375. The topological polar surface area (TPSA) is 78.4 Å². The molecule has 0 spiro atoms. The molecule has 168 valence electrons. The van der Waals surface area contributed by atoms with Crippen LogP contribution in [0.15, 0.2) is 47.5 Å². The van der Waals surface area contributed by atoms with Gasteiger partial charge in [-0.05, 0) is 59.8 Å². The Morgan fingerprint density at radius 3 is 2.64 bits per heavy atom. The van der Waals surface area contributed by atoms with Crippen LogP contribution in [0.2, 0.25) is 5.02 Å². The number of nitrogens with zero attached hydrogens (tertiary/aromatic N) is 4. The fraction of sp³-hybridized carbons (Fsp3) is 0.250. The Morgan fingerprint density at radius 1 is 1.12 bits per heavy atom. The third kappa shape index (κ3) is 4.46. The predicted molar refractivity (Wildman–Crippen MR) is 133 cm³/mol. The first-order valence-corrected chi connectivity index (χ1v) is 12.0. The fourth-order valence-corrected chi connectivity index (χ4v) is 5.19. The largest absolute Gasteiger partial charge is 0.368 e. The van der Waals surface area contributed by atoms with E-state index in [1.807, 2.05) is 24.3 Å². The highest BCUT2D eigenvalue weighted by atomic mass is 35.5. The van der Waals surface area contributed by atoms with Crippen LogP contribution in [-0.4, -0.2) is 59.0 Å². The molecule has 2 aliphatic heterocycles. The second-order valence-corrected chi connectivity index (χ2v) is 9.40. The number of carbonyl (C=O) groups is 2. The summed E-state index contributed by atoms with van der Waals surface area (Å²) in [5.41, 5.74) is 4.44. The Morgan fingerprint density at radius 2 is 1.94 bits per heavy atom. The zero-order valence-corrected chi connectivity index (χ0v) is 19.6. The number of likely N-dealkylation sites (N-methyl/N-ethyl adjacent to an activating group) is 1. The lowest BCUT2D eigenvalue weighted by atomic mass is 10.0. The number of carbonyl (C=O) groups excluding carboxylic acids is 2. The van der Waals surface area contributed by atoms with E-state index in [9.17, 15) is 9.59 Å². The smallest absolute Gasteiger partial charge is 0.290 e. The number of amides is 2. The lowest BCUT2D eigenvalue weighted by Gasteiger charge is -2.36. The Hall–Kier alpha value is -2.94. The molecule has 3 heterocycles. The average Bonchev–Trinajstić information content (AvgIpc) is 3.15. The van der Waals surface area contributed by atoms with E-state index in [0.717, 1.165) is 77.8 Å². The van der Waals surface area contributed by atoms with Gasteiger partial charge in [0.25, 0.3) is 11.1 Å². The number of hydrogen-bond acceptors (Lipinski definition) is 7. The number of hydrogen-bond donors (Lipinski definition) is 1. The molecule has 1 aromatic heterocycles. The number of thioether (sulfide) groups is 1. The highest BCUT2D eigenvalue weighted by Gasteiger charge is 2.25. The molecule has 0 bridgehead atoms. The molecular weight excluding hydrogens is 458 g/mol. The maximum atomic E-state index is 11.9. The quantitative estimate of drug-likeness (QED) is 0.555. The molecule has 7 nitrogen and oxygen atoms in total. The van der Waals surface area contributed by atoms with Gasteiger partial charge in [-0.3, -0.25) is 14.9 Å². The Balaban J connectivity index is 1.48. The molecule has 0 aliphatic carbocycles. The van der Waals surface area contributed by atoms with Crippen LogP contribution in [-0.2, 0) is 4.79 Å². The summed E-state index contributed by atoms with van der Waals surface area (Å²) in [5, 5.41) is 11.9. The van der Waals surface area contributed by atoms with Crippen molar-refractivity contribution in [2.24, 2.45) is 0 Å². The van der Waals surface area contributed by atoms with Crippen LogP contribution in [0.3, 0.4) is 0 Å². The standard InChI is InChI=1S/C24H22ClN5O2S/c1-2-29-7-9-30(10-8-29)21-6-4-16(13-19(21)25)18-14-26-28-20-5-3-15(11-17(18)20)12-22-23(31)27-24(32)33-22/h3-6,11-14H,2,7-10H2,1H3,(H,27,31,32). The molecule has 9 heteroatoms. The summed E-state index contributed by atoms with van der Waals surface area (Å²) in [5.74, 6) is -0.375. The number of aromatic nitrogens is 2. The van der Waals surface area contributed by atoms with Crippen LogP contribution >= 0.6 is 23.4 Å². The van der Waals surface area contributed by atoms with E-state index in [0.29, 0.717) is 9.93 Å². The van der Waals surface area contributed by atoms with Crippen molar-refractivity contribution in [1.29, 1.82) is 0 Å². The molecule has 2 aromatic carbocycles. The normalized spacial score (nSPS) is 18.4. The zero-order chi connectivity index (χ0) is 22.9. The maximum absolute atomic E-state index is 11.9. The molecule has 1 N–H and O–H groups in total. The van der Waals surface area contributed by atoms with E-state index >= 15 is 0 Å². The molecule has 5 rings (SSSR count). The molecule has 2 saturated heterocycles. The minimum Gasteiger partial charge on any atom is -0.368 e. The molecule has 0 radical (unpaired) electrons. The molecule has 3 aromatic rings. The van der Waals surface area contributed by atoms with Gasteiger partial charge in [0, 0.05) is 37.1 Å². The molecule has 33 heavy (non-hydrogen) atoms. The lowest BCUT2D eigenvalue weighted by Crippen LogP contribution is -2.46. The summed E-state index contributed by atoms with van der Waals surface area (Å²) in [4.78, 5) is 28.5. The van der Waals surface area contributed by atoms with Gasteiger partial charge in [0.1, 0.15) is 0 Å². The molecule has 2 fully saturated rings. The molecule has 2 aliphatic rings. The number of imide groups is 1. The highest BCUT2D eigenvalue weighted by molar-refractivity contribution is 8.18. The minimum absolute atomic E-state index is 0.357. The third-order valence-corrected chi connectivity index (χ3v) is 7.14. The summed E-state index contributed by atoms with van der Waals surface area (Å²) in [6, 6.07) is 11.8. The monoisotopic (exact) mass is 479 g/mol. The second-order valence-electron chi connectivity index (χ2n) is 7.97. The van der Waals surface area contributed by atoms with Gasteiger partial charge in [0.05, 0.1) is 27.3 Å². The SMILES string of the molecule is CCN1CCN(c2ccc(-c3cnnc4ccc(C=C5SC(=O)NC5=O)cc34)cc2Cl)CC1. The van der Waals surface area contributed by atoms with Crippen molar-refractivity contribution in [1.82, 2.24) is 20.4 Å². The zero-order valence-electron chi connectivity index (χ0n) is 18.0. The summed E-state index contributed by atoms with van der Waals surface area (Å²) in [6.45, 7) is 7.24. The maximum Gasteiger partial charge on any atom is 0.290 e. The van der Waals surface area contributed by atoms with Crippen molar-refractivity contribution in [3.8, 4) is 11.1 Å². The Labute approximate surface area is 200 Å². The first-order valence-electron chi connectivity index (χ1n) is 10.8. The van der Waals surface area contributed by atoms with Gasteiger partial charge in [0.2, 0.25) is 0 Å². The number of rotatable bonds is 4. The summed E-state index contributed by atoms with van der Waals surface area (Å²) >= 11 is 7.63. The Bertz CT molecular complexity index is 1290. The van der Waals surface area contributed by atoms with Gasteiger partial charge in [-0.15, -0.1) is 0 Å². The van der Waals surface area contributed by atoms with Crippen LogP contribution in [0.5, 0.6) is 0 Å². The van der Waals surface area contributed by atoms with Crippen LogP contribution in [0, 0.1) is 0 Å². The van der Waals surface area contributed by atoms with Crippen LogP contribution in [0.1, 0.15) is 12.5 Å². The number of nitrogens with one attached hydrogen (secondary N) is 1. The number of anilines is 1. The second kappa shape index (κ2) is 9.13. The molecule has 0 atom stereocenters. The van der Waals surface area contributed by atoms with Crippen molar-refractivity contribution >= 4 is 57.2 Å². The Kier molecular flexibility index (Phi) is 6.05. The van der Waals surface area contributed by atoms with Gasteiger partial charge in [-0.25, -0.2) is 0 Å². The van der Waals surface area contributed by atoms with Gasteiger partial charge in [0.15, 0.2) is 0 Å². The van der Waals surface area contributed by atoms with Crippen molar-refractivity contribution in [2.75, 3.05) is 37.6 Å². The summed E-state index contributed by atoms with van der Waals surface area (Å²) in [7, 11) is 0. The van der Waals surface area contributed by atoms with Gasteiger partial charge >= 0.3 is 0 Å². The van der Waals surface area contributed by atoms with Crippen LogP contribution in [0.4, 0.5) is 10.5 Å². The fourth-order valence-electron chi connectivity index (χ4n) is 4.20. The number of benzene rings is 2. The number of halogens is 1. The van der Waals surface area contributed by atoms with E-state index in [1.54, 1.807) is 12.3 Å². The predicted octanol–water partition coefficient (Wildman–Crippen LogP) is 4.42. The highest BCUT2D eigenvalue weighted by Crippen LogP contribution is 2.35. The van der Waals surface area contributed by atoms with Crippen molar-refractivity contribution in [3.63, 3.8) is 0 Å². The van der Waals surface area contributed by atoms with Gasteiger partial charge < -0.3 is 9.80 Å². The van der Waals surface area contributed by atoms with E-state index in [2.05, 4.69) is 44.4 Å². The number of fused-ring (bicyclic) bond motifs is 1. The molecule has 0 saturated carbocycles. The molecular formula is C24H22ClN5O2S. The lowest BCUT2D eigenvalue weighted by molar-refractivity contribution is -0.115. The van der Waals surface area contributed by atoms with E-state index in [4.69, 9.17) is 11.6 Å². The van der Waals surface area contributed by atoms with Crippen molar-refractivity contribution in [2.45, 2.75) is 6.92 Å². The summed E-state index contributed by atoms with van der Waals surface area (Å²) in [6.07, 6.45) is 3.44. The number of piperazine rings is 1. The van der Waals surface area contributed by atoms with Crippen LogP contribution in [0.25, 0.3) is 28.1 Å². The van der Waals surface area contributed by atoms with E-state index in [1.165, 1.54) is 0 Å².